The number of Topliss-reactive ketones (excluding diaryl/α,β-unsaturated/α-hetero) is 1. The highest BCUT2D eigenvalue weighted by Crippen LogP contribution is 2.30. The van der Waals surface area contributed by atoms with Crippen LogP contribution in [-0.4, -0.2) is 29.8 Å². The summed E-state index contributed by atoms with van der Waals surface area (Å²) >= 11 is 0. The topological polar surface area (TPSA) is 20.3 Å². The fraction of sp³-hybridized carbons (Fsp3) is 0.933. The van der Waals surface area contributed by atoms with E-state index in [1.54, 1.807) is 0 Å². The first-order valence-electron chi connectivity index (χ1n) is 7.43. The van der Waals surface area contributed by atoms with Gasteiger partial charge in [-0.25, -0.2) is 0 Å². The van der Waals surface area contributed by atoms with Crippen LogP contribution < -0.4 is 0 Å². The number of hydrogen-bond acceptors (Lipinski definition) is 2. The average Bonchev–Trinajstić information content (AvgIpc) is 3.06. The second-order valence-corrected chi connectivity index (χ2v) is 6.34. The van der Waals surface area contributed by atoms with Gasteiger partial charge in [0.1, 0.15) is 5.78 Å². The summed E-state index contributed by atoms with van der Waals surface area (Å²) in [7, 11) is 0. The molecule has 2 nitrogen and oxygen atoms in total. The SMILES string of the molecule is CC(C)CN(CC1CCCCCC1=O)C1CC1. The van der Waals surface area contributed by atoms with Crippen LogP contribution in [0.2, 0.25) is 0 Å². The minimum atomic E-state index is 0.344. The van der Waals surface area contributed by atoms with E-state index in [1.165, 1.54) is 32.2 Å². The highest BCUT2D eigenvalue weighted by molar-refractivity contribution is 5.81. The van der Waals surface area contributed by atoms with E-state index in [1.807, 2.05) is 0 Å². The van der Waals surface area contributed by atoms with Crippen LogP contribution in [0, 0.1) is 11.8 Å². The lowest BCUT2D eigenvalue weighted by Gasteiger charge is -2.27. The molecule has 17 heavy (non-hydrogen) atoms. The number of hydrogen-bond donors (Lipinski definition) is 0. The molecule has 0 N–H and O–H groups in total. The van der Waals surface area contributed by atoms with Gasteiger partial charge in [-0.3, -0.25) is 9.69 Å². The third-order valence-corrected chi connectivity index (χ3v) is 4.05. The van der Waals surface area contributed by atoms with Crippen LogP contribution in [0.3, 0.4) is 0 Å². The Morgan fingerprint density at radius 1 is 1.18 bits per heavy atom. The number of nitrogens with zero attached hydrogens (tertiary/aromatic N) is 1. The van der Waals surface area contributed by atoms with E-state index < -0.39 is 0 Å². The molecule has 2 rings (SSSR count). The first-order chi connectivity index (χ1) is 8.16. The number of ketones is 1. The highest BCUT2D eigenvalue weighted by Gasteiger charge is 2.32. The van der Waals surface area contributed by atoms with Gasteiger partial charge in [0.2, 0.25) is 0 Å². The Balaban J connectivity index is 1.88. The van der Waals surface area contributed by atoms with Gasteiger partial charge in [-0.2, -0.15) is 0 Å². The maximum Gasteiger partial charge on any atom is 0.137 e. The molecular formula is C15H27NO. The molecule has 2 aliphatic rings. The summed E-state index contributed by atoms with van der Waals surface area (Å²) in [4.78, 5) is 14.6. The van der Waals surface area contributed by atoms with Crippen LogP contribution in [0.25, 0.3) is 0 Å². The largest absolute Gasteiger partial charge is 0.299 e. The lowest BCUT2D eigenvalue weighted by molar-refractivity contribution is -0.123. The first kappa shape index (κ1) is 13.1. The van der Waals surface area contributed by atoms with Crippen molar-refractivity contribution in [2.24, 2.45) is 11.8 Å². The fourth-order valence-electron chi connectivity index (χ4n) is 2.99. The molecule has 98 valence electrons. The zero-order valence-electron chi connectivity index (χ0n) is 11.5. The van der Waals surface area contributed by atoms with E-state index in [0.29, 0.717) is 11.7 Å². The van der Waals surface area contributed by atoms with Crippen molar-refractivity contribution >= 4 is 5.78 Å². The molecule has 2 fully saturated rings. The van der Waals surface area contributed by atoms with E-state index in [2.05, 4.69) is 18.7 Å². The van der Waals surface area contributed by atoms with Crippen molar-refractivity contribution in [3.63, 3.8) is 0 Å². The zero-order chi connectivity index (χ0) is 12.3. The minimum absolute atomic E-state index is 0.344. The smallest absolute Gasteiger partial charge is 0.137 e. The molecule has 2 heteroatoms. The van der Waals surface area contributed by atoms with Gasteiger partial charge in [0, 0.05) is 31.5 Å². The van der Waals surface area contributed by atoms with Gasteiger partial charge >= 0.3 is 0 Å². The van der Waals surface area contributed by atoms with Crippen molar-refractivity contribution in [1.29, 1.82) is 0 Å². The van der Waals surface area contributed by atoms with E-state index in [0.717, 1.165) is 37.8 Å². The summed E-state index contributed by atoms with van der Waals surface area (Å²) in [5, 5.41) is 0. The van der Waals surface area contributed by atoms with Crippen LogP contribution in [0.4, 0.5) is 0 Å². The third kappa shape index (κ3) is 4.09. The Kier molecular flexibility index (Phi) is 4.61. The Labute approximate surface area is 106 Å². The summed E-state index contributed by atoms with van der Waals surface area (Å²) in [6.45, 7) is 6.78. The molecule has 0 saturated heterocycles. The lowest BCUT2D eigenvalue weighted by atomic mass is 9.97. The molecule has 0 radical (unpaired) electrons. The van der Waals surface area contributed by atoms with Gasteiger partial charge in [-0.05, 0) is 31.6 Å². The summed E-state index contributed by atoms with van der Waals surface area (Å²) in [6, 6.07) is 0.799. The molecular weight excluding hydrogens is 210 g/mol. The number of rotatable bonds is 5. The fourth-order valence-corrected chi connectivity index (χ4v) is 2.99. The van der Waals surface area contributed by atoms with Crippen LogP contribution in [-0.2, 0) is 4.79 Å². The minimum Gasteiger partial charge on any atom is -0.299 e. The molecule has 2 saturated carbocycles. The lowest BCUT2D eigenvalue weighted by Crippen LogP contribution is -2.37. The highest BCUT2D eigenvalue weighted by atomic mass is 16.1. The number of carbonyl (C=O) groups excluding carboxylic acids is 1. The van der Waals surface area contributed by atoms with Gasteiger partial charge in [-0.15, -0.1) is 0 Å². The van der Waals surface area contributed by atoms with Crippen LogP contribution in [0.5, 0.6) is 0 Å². The van der Waals surface area contributed by atoms with Crippen molar-refractivity contribution in [1.82, 2.24) is 4.90 Å². The summed E-state index contributed by atoms with van der Waals surface area (Å²) in [6.07, 6.45) is 8.33. The predicted molar refractivity (Wildman–Crippen MR) is 71.0 cm³/mol. The van der Waals surface area contributed by atoms with Crippen molar-refractivity contribution in [3.05, 3.63) is 0 Å². The molecule has 0 bridgehead atoms. The van der Waals surface area contributed by atoms with Crippen LogP contribution in [0.1, 0.15) is 58.8 Å². The zero-order valence-corrected chi connectivity index (χ0v) is 11.5. The van der Waals surface area contributed by atoms with Gasteiger partial charge in [0.25, 0.3) is 0 Å². The molecule has 1 unspecified atom stereocenters. The quantitative estimate of drug-likeness (QED) is 0.684. The molecule has 0 spiro atoms. The van der Waals surface area contributed by atoms with E-state index in [9.17, 15) is 4.79 Å². The summed E-state index contributed by atoms with van der Waals surface area (Å²) < 4.78 is 0. The maximum absolute atomic E-state index is 12.1. The Bertz CT molecular complexity index is 258. The molecule has 0 aromatic rings. The number of carbonyl (C=O) groups is 1. The predicted octanol–water partition coefficient (Wildman–Crippen LogP) is 3.26. The van der Waals surface area contributed by atoms with Crippen molar-refractivity contribution in [3.8, 4) is 0 Å². The van der Waals surface area contributed by atoms with Crippen molar-refractivity contribution in [2.75, 3.05) is 13.1 Å². The Hall–Kier alpha value is -0.370. The molecule has 0 aromatic heterocycles. The van der Waals surface area contributed by atoms with Gasteiger partial charge < -0.3 is 0 Å². The molecule has 1 atom stereocenters. The molecule has 0 aliphatic heterocycles. The third-order valence-electron chi connectivity index (χ3n) is 4.05. The van der Waals surface area contributed by atoms with Gasteiger partial charge in [-0.1, -0.05) is 26.7 Å². The Morgan fingerprint density at radius 2 is 1.94 bits per heavy atom. The van der Waals surface area contributed by atoms with E-state index >= 15 is 0 Å². The molecule has 0 heterocycles. The van der Waals surface area contributed by atoms with Gasteiger partial charge in [0.05, 0.1) is 0 Å². The second kappa shape index (κ2) is 5.99. The summed E-state index contributed by atoms with van der Waals surface area (Å²) in [5.74, 6) is 1.60. The van der Waals surface area contributed by atoms with Crippen molar-refractivity contribution in [2.45, 2.75) is 64.8 Å². The normalized spacial score (nSPS) is 26.6. The van der Waals surface area contributed by atoms with Crippen LogP contribution in [0.15, 0.2) is 0 Å². The van der Waals surface area contributed by atoms with E-state index in [-0.39, 0.29) is 0 Å². The standard InChI is InChI=1S/C15H27NO/c1-12(2)10-16(14-8-9-14)11-13-6-4-3-5-7-15(13)17/h12-14H,3-11H2,1-2H3. The second-order valence-electron chi connectivity index (χ2n) is 6.34. The van der Waals surface area contributed by atoms with Crippen molar-refractivity contribution < 1.29 is 4.79 Å². The Morgan fingerprint density at radius 3 is 2.59 bits per heavy atom. The average molecular weight is 237 g/mol. The molecule has 2 aliphatic carbocycles. The maximum atomic E-state index is 12.1. The monoisotopic (exact) mass is 237 g/mol. The van der Waals surface area contributed by atoms with E-state index in [4.69, 9.17) is 0 Å². The van der Waals surface area contributed by atoms with Gasteiger partial charge in [0.15, 0.2) is 0 Å². The first-order valence-corrected chi connectivity index (χ1v) is 7.43. The molecule has 0 amide bonds. The molecule has 0 aromatic carbocycles. The summed E-state index contributed by atoms with van der Waals surface area (Å²) in [5.41, 5.74) is 0. The van der Waals surface area contributed by atoms with Crippen LogP contribution >= 0.6 is 0 Å².